The maximum atomic E-state index is 11.6. The highest BCUT2D eigenvalue weighted by Gasteiger charge is 2.09. The normalized spacial score (nSPS) is 12.2. The van der Waals surface area contributed by atoms with Crippen molar-refractivity contribution in [1.82, 2.24) is 5.32 Å². The van der Waals surface area contributed by atoms with E-state index in [1.165, 1.54) is 5.56 Å². The average Bonchev–Trinajstić information content (AvgIpc) is 2.28. The van der Waals surface area contributed by atoms with E-state index in [0.717, 1.165) is 12.1 Å². The molecule has 0 aliphatic carbocycles. The molecule has 1 amide bonds. The van der Waals surface area contributed by atoms with Gasteiger partial charge in [-0.05, 0) is 38.1 Å². The van der Waals surface area contributed by atoms with Gasteiger partial charge >= 0.3 is 0 Å². The van der Waals surface area contributed by atoms with Crippen LogP contribution in [0.15, 0.2) is 24.3 Å². The van der Waals surface area contributed by atoms with Crippen molar-refractivity contribution in [2.24, 2.45) is 0 Å². The smallest absolute Gasteiger partial charge is 0.241 e. The monoisotopic (exact) mass is 206 g/mol. The van der Waals surface area contributed by atoms with Gasteiger partial charge in [0.1, 0.15) is 0 Å². The van der Waals surface area contributed by atoms with Crippen LogP contribution in [0.25, 0.3) is 0 Å². The summed E-state index contributed by atoms with van der Waals surface area (Å²) in [7, 11) is 1.77. The van der Waals surface area contributed by atoms with Crippen LogP contribution in [0, 0.1) is 0 Å². The van der Waals surface area contributed by atoms with Gasteiger partial charge in [-0.1, -0.05) is 19.1 Å². The van der Waals surface area contributed by atoms with E-state index in [1.807, 2.05) is 25.1 Å². The summed E-state index contributed by atoms with van der Waals surface area (Å²) in [6.07, 6.45) is 0.977. The van der Waals surface area contributed by atoms with Crippen molar-refractivity contribution in [1.29, 1.82) is 0 Å². The van der Waals surface area contributed by atoms with Gasteiger partial charge in [0.15, 0.2) is 0 Å². The fourth-order valence-corrected chi connectivity index (χ4v) is 1.25. The first-order valence-electron chi connectivity index (χ1n) is 5.24. The highest BCUT2D eigenvalue weighted by atomic mass is 16.2. The molecule has 0 aliphatic rings. The Balaban J connectivity index is 2.68. The second kappa shape index (κ2) is 5.51. The molecule has 1 rings (SSSR count). The molecule has 1 atom stereocenters. The molecule has 0 bridgehead atoms. The van der Waals surface area contributed by atoms with Crippen molar-refractivity contribution < 1.29 is 4.79 Å². The maximum absolute atomic E-state index is 11.6. The lowest BCUT2D eigenvalue weighted by molar-refractivity contribution is -0.117. The minimum Gasteiger partial charge on any atom is -0.325 e. The fourth-order valence-electron chi connectivity index (χ4n) is 1.25. The van der Waals surface area contributed by atoms with E-state index < -0.39 is 0 Å². The van der Waals surface area contributed by atoms with Gasteiger partial charge in [0.25, 0.3) is 0 Å². The molecule has 1 aromatic rings. The number of hydrogen-bond acceptors (Lipinski definition) is 2. The van der Waals surface area contributed by atoms with Gasteiger partial charge < -0.3 is 10.6 Å². The lowest BCUT2D eigenvalue weighted by Crippen LogP contribution is -2.35. The summed E-state index contributed by atoms with van der Waals surface area (Å²) in [6.45, 7) is 3.93. The van der Waals surface area contributed by atoms with E-state index in [0.29, 0.717) is 0 Å². The Morgan fingerprint density at radius 1 is 1.47 bits per heavy atom. The quantitative estimate of drug-likeness (QED) is 0.788. The average molecular weight is 206 g/mol. The van der Waals surface area contributed by atoms with Crippen molar-refractivity contribution in [2.45, 2.75) is 26.3 Å². The van der Waals surface area contributed by atoms with E-state index in [2.05, 4.69) is 23.6 Å². The molecule has 0 saturated heterocycles. The lowest BCUT2D eigenvalue weighted by Gasteiger charge is -2.11. The number of nitrogens with one attached hydrogen (secondary N) is 2. The minimum atomic E-state index is -0.171. The third-order valence-electron chi connectivity index (χ3n) is 2.43. The van der Waals surface area contributed by atoms with Crippen LogP contribution in [0.3, 0.4) is 0 Å². The predicted octanol–water partition coefficient (Wildman–Crippen LogP) is 1.80. The topological polar surface area (TPSA) is 41.1 Å². The van der Waals surface area contributed by atoms with E-state index >= 15 is 0 Å². The van der Waals surface area contributed by atoms with Gasteiger partial charge in [-0.2, -0.15) is 0 Å². The molecule has 3 nitrogen and oxygen atoms in total. The third kappa shape index (κ3) is 3.36. The molecule has 0 heterocycles. The summed E-state index contributed by atoms with van der Waals surface area (Å²) in [5, 5.41) is 5.77. The van der Waals surface area contributed by atoms with E-state index in [-0.39, 0.29) is 11.9 Å². The molecule has 0 aromatic heterocycles. The second-order valence-corrected chi connectivity index (χ2v) is 3.55. The Bertz CT molecular complexity index is 336. The van der Waals surface area contributed by atoms with Crippen molar-refractivity contribution in [3.05, 3.63) is 29.8 Å². The minimum absolute atomic E-state index is 0.00856. The van der Waals surface area contributed by atoms with Crippen LogP contribution in [0.4, 0.5) is 5.69 Å². The van der Waals surface area contributed by atoms with Gasteiger partial charge in [0, 0.05) is 5.69 Å². The first-order valence-corrected chi connectivity index (χ1v) is 5.24. The summed E-state index contributed by atoms with van der Waals surface area (Å²) in [4.78, 5) is 11.6. The van der Waals surface area contributed by atoms with Gasteiger partial charge in [-0.15, -0.1) is 0 Å². The summed E-state index contributed by atoms with van der Waals surface area (Å²) >= 11 is 0. The Morgan fingerprint density at radius 2 is 2.20 bits per heavy atom. The molecule has 0 radical (unpaired) electrons. The molecule has 0 unspecified atom stereocenters. The fraction of sp³-hybridized carbons (Fsp3) is 0.417. The Hall–Kier alpha value is -1.35. The molecular formula is C12H18N2O. The first-order chi connectivity index (χ1) is 7.17. The maximum Gasteiger partial charge on any atom is 0.241 e. The third-order valence-corrected chi connectivity index (χ3v) is 2.43. The molecule has 0 fully saturated rings. The molecule has 0 aliphatic heterocycles. The molecule has 0 saturated carbocycles. The van der Waals surface area contributed by atoms with Crippen LogP contribution in [0.5, 0.6) is 0 Å². The van der Waals surface area contributed by atoms with Crippen LogP contribution < -0.4 is 10.6 Å². The van der Waals surface area contributed by atoms with Crippen LogP contribution in [0.2, 0.25) is 0 Å². The molecule has 3 heteroatoms. The summed E-state index contributed by atoms with van der Waals surface area (Å²) in [5.41, 5.74) is 2.09. The largest absolute Gasteiger partial charge is 0.325 e. The van der Waals surface area contributed by atoms with Gasteiger partial charge in [-0.25, -0.2) is 0 Å². The first kappa shape index (κ1) is 11.7. The molecule has 0 spiro atoms. The number of carbonyl (C=O) groups is 1. The molecule has 82 valence electrons. The van der Waals surface area contributed by atoms with Crippen molar-refractivity contribution in [2.75, 3.05) is 12.4 Å². The highest BCUT2D eigenvalue weighted by molar-refractivity contribution is 5.94. The Morgan fingerprint density at radius 3 is 2.80 bits per heavy atom. The highest BCUT2D eigenvalue weighted by Crippen LogP contribution is 2.11. The van der Waals surface area contributed by atoms with E-state index in [1.54, 1.807) is 7.05 Å². The Labute approximate surface area is 90.9 Å². The number of amides is 1. The van der Waals surface area contributed by atoms with Crippen LogP contribution in [-0.2, 0) is 11.2 Å². The number of hydrogen-bond donors (Lipinski definition) is 2. The van der Waals surface area contributed by atoms with Crippen LogP contribution in [-0.4, -0.2) is 19.0 Å². The van der Waals surface area contributed by atoms with E-state index in [4.69, 9.17) is 0 Å². The zero-order chi connectivity index (χ0) is 11.3. The summed E-state index contributed by atoms with van der Waals surface area (Å²) < 4.78 is 0. The van der Waals surface area contributed by atoms with Gasteiger partial charge in [-0.3, -0.25) is 4.79 Å². The zero-order valence-electron chi connectivity index (χ0n) is 9.50. The van der Waals surface area contributed by atoms with Crippen molar-refractivity contribution in [3.63, 3.8) is 0 Å². The molecular weight excluding hydrogens is 188 g/mol. The van der Waals surface area contributed by atoms with Crippen molar-refractivity contribution >= 4 is 11.6 Å². The SMILES string of the molecule is CCc1cccc(NC(=O)[C@H](C)NC)c1. The van der Waals surface area contributed by atoms with Crippen LogP contribution >= 0.6 is 0 Å². The molecule has 15 heavy (non-hydrogen) atoms. The summed E-state index contributed by atoms with van der Waals surface area (Å²) in [5.74, 6) is -0.00856. The number of rotatable bonds is 4. The number of likely N-dealkylation sites (N-methyl/N-ethyl adjacent to an activating group) is 1. The van der Waals surface area contributed by atoms with Crippen LogP contribution in [0.1, 0.15) is 19.4 Å². The number of benzene rings is 1. The number of anilines is 1. The summed E-state index contributed by atoms with van der Waals surface area (Å²) in [6, 6.07) is 7.74. The predicted molar refractivity (Wildman–Crippen MR) is 63.0 cm³/mol. The van der Waals surface area contributed by atoms with Gasteiger partial charge in [0.05, 0.1) is 6.04 Å². The van der Waals surface area contributed by atoms with Gasteiger partial charge in [0.2, 0.25) is 5.91 Å². The second-order valence-electron chi connectivity index (χ2n) is 3.55. The molecule has 2 N–H and O–H groups in total. The lowest BCUT2D eigenvalue weighted by atomic mass is 10.1. The zero-order valence-corrected chi connectivity index (χ0v) is 9.50. The molecule has 1 aromatic carbocycles. The number of carbonyl (C=O) groups excluding carboxylic acids is 1. The Kier molecular flexibility index (Phi) is 4.31. The van der Waals surface area contributed by atoms with E-state index in [9.17, 15) is 4.79 Å². The number of aryl methyl sites for hydroxylation is 1. The van der Waals surface area contributed by atoms with Crippen molar-refractivity contribution in [3.8, 4) is 0 Å². The standard InChI is InChI=1S/C12H18N2O/c1-4-10-6-5-7-11(8-10)14-12(15)9(2)13-3/h5-9,13H,4H2,1-3H3,(H,14,15)/t9-/m0/s1.